The van der Waals surface area contributed by atoms with Crippen LogP contribution in [0.3, 0.4) is 0 Å². The highest BCUT2D eigenvalue weighted by Crippen LogP contribution is 2.57. The zero-order valence-electron chi connectivity index (χ0n) is 9.14. The lowest BCUT2D eigenvalue weighted by Gasteiger charge is -2.28. The van der Waals surface area contributed by atoms with E-state index in [2.05, 4.69) is 0 Å². The van der Waals surface area contributed by atoms with Crippen LogP contribution in [0.5, 0.6) is 0 Å². The van der Waals surface area contributed by atoms with Crippen LogP contribution < -0.4 is 5.30 Å². The lowest BCUT2D eigenvalue weighted by molar-refractivity contribution is 0.459. The predicted octanol–water partition coefficient (Wildman–Crippen LogP) is 4.29. The molecule has 0 N–H and O–H groups in total. The van der Waals surface area contributed by atoms with Crippen LogP contribution in [0, 0.1) is 0 Å². The Morgan fingerprint density at radius 3 is 2.31 bits per heavy atom. The van der Waals surface area contributed by atoms with Gasteiger partial charge in [0.1, 0.15) is 23.0 Å². The minimum Gasteiger partial charge on any atom is -0.287 e. The molecule has 1 saturated carbocycles. The van der Waals surface area contributed by atoms with Crippen LogP contribution in [0.1, 0.15) is 32.1 Å². The van der Waals surface area contributed by atoms with Crippen molar-refractivity contribution in [3.63, 3.8) is 0 Å². The zero-order valence-corrected chi connectivity index (χ0v) is 12.2. The Balaban J connectivity index is 2.28. The molecule has 0 saturated heterocycles. The summed E-state index contributed by atoms with van der Waals surface area (Å²) >= 11 is 1.81. The second-order valence-corrected chi connectivity index (χ2v) is 8.05. The van der Waals surface area contributed by atoms with Crippen molar-refractivity contribution in [2.45, 2.75) is 37.8 Å². The van der Waals surface area contributed by atoms with Crippen LogP contribution >= 0.6 is 30.4 Å². The molecule has 0 radical (unpaired) electrons. The van der Waals surface area contributed by atoms with Crippen LogP contribution in [0.15, 0.2) is 30.3 Å². The van der Waals surface area contributed by atoms with Gasteiger partial charge in [0.15, 0.2) is 0 Å². The average molecular weight is 350 g/mol. The van der Waals surface area contributed by atoms with E-state index in [-0.39, 0.29) is 5.66 Å². The van der Waals surface area contributed by atoms with Gasteiger partial charge < -0.3 is 0 Å². The van der Waals surface area contributed by atoms with E-state index in [1.807, 2.05) is 53.3 Å². The number of rotatable bonds is 3. The normalized spacial score (nSPS) is 21.6. The van der Waals surface area contributed by atoms with Crippen molar-refractivity contribution in [3.05, 3.63) is 30.3 Å². The van der Waals surface area contributed by atoms with Crippen molar-refractivity contribution >= 4 is 35.7 Å². The number of hydrogen-bond donors (Lipinski definition) is 0. The van der Waals surface area contributed by atoms with Gasteiger partial charge in [0.05, 0.1) is 0 Å². The molecule has 1 unspecified atom stereocenters. The van der Waals surface area contributed by atoms with Crippen molar-refractivity contribution < 1.29 is 7.42 Å². The van der Waals surface area contributed by atoms with Gasteiger partial charge in [0, 0.05) is 11.0 Å². The van der Waals surface area contributed by atoms with Gasteiger partial charge in [-0.15, -0.1) is 0 Å². The Labute approximate surface area is 111 Å². The first kappa shape index (κ1) is 12.6. The Kier molecular flexibility index (Phi) is 4.45. The molecule has 0 amide bonds. The SMILES string of the molecule is O=P(OI)(c1ccccc1)C1CCCCC1. The number of halogens is 1. The van der Waals surface area contributed by atoms with E-state index >= 15 is 0 Å². The standard InChI is InChI=1S/C12H16IO2P/c13-15-16(14,11-7-3-1-4-8-11)12-9-5-2-6-10-12/h1,3-4,7-8,12H,2,5-6,9-10H2. The minimum atomic E-state index is -2.64. The summed E-state index contributed by atoms with van der Waals surface area (Å²) in [6.45, 7) is 0. The maximum absolute atomic E-state index is 12.9. The molecule has 16 heavy (non-hydrogen) atoms. The summed E-state index contributed by atoms with van der Waals surface area (Å²) in [5, 5.41) is 0.872. The van der Waals surface area contributed by atoms with Gasteiger partial charge >= 0.3 is 0 Å². The first-order valence-corrected chi connectivity index (χ1v) is 8.30. The third kappa shape index (κ3) is 2.52. The third-order valence-electron chi connectivity index (χ3n) is 3.27. The quantitative estimate of drug-likeness (QED) is 0.601. The monoisotopic (exact) mass is 350 g/mol. The van der Waals surface area contributed by atoms with E-state index in [4.69, 9.17) is 2.85 Å². The van der Waals surface area contributed by atoms with Crippen LogP contribution in [0.2, 0.25) is 0 Å². The maximum atomic E-state index is 12.9. The predicted molar refractivity (Wildman–Crippen MR) is 75.7 cm³/mol. The summed E-state index contributed by atoms with van der Waals surface area (Å²) in [5.74, 6) is 0. The Hall–Kier alpha value is 0.140. The lowest BCUT2D eigenvalue weighted by atomic mass is 10.0. The Bertz CT molecular complexity index is 374. The van der Waals surface area contributed by atoms with Crippen molar-refractivity contribution in [1.29, 1.82) is 0 Å². The molecule has 1 atom stereocenters. The highest BCUT2D eigenvalue weighted by molar-refractivity contribution is 14.1. The molecule has 88 valence electrons. The van der Waals surface area contributed by atoms with Crippen LogP contribution in [0.4, 0.5) is 0 Å². The van der Waals surface area contributed by atoms with Crippen LogP contribution in [-0.2, 0) is 7.42 Å². The molecule has 4 heteroatoms. The van der Waals surface area contributed by atoms with Crippen LogP contribution in [-0.4, -0.2) is 5.66 Å². The summed E-state index contributed by atoms with van der Waals surface area (Å²) in [5.41, 5.74) is 0.223. The average Bonchev–Trinajstić information content (AvgIpc) is 2.40. The first-order chi connectivity index (χ1) is 7.77. The zero-order chi connectivity index (χ0) is 11.4. The summed E-state index contributed by atoms with van der Waals surface area (Å²) < 4.78 is 18.3. The molecular weight excluding hydrogens is 334 g/mol. The number of hydrogen-bond acceptors (Lipinski definition) is 2. The van der Waals surface area contributed by atoms with Gasteiger partial charge in [-0.2, -0.15) is 0 Å². The molecule has 2 rings (SSSR count). The fourth-order valence-corrected chi connectivity index (χ4v) is 6.26. The van der Waals surface area contributed by atoms with Crippen LogP contribution in [0.25, 0.3) is 0 Å². The van der Waals surface area contributed by atoms with Crippen molar-refractivity contribution in [1.82, 2.24) is 0 Å². The maximum Gasteiger partial charge on any atom is 0.244 e. The van der Waals surface area contributed by atoms with Crippen molar-refractivity contribution in [2.75, 3.05) is 0 Å². The minimum absolute atomic E-state index is 0.223. The summed E-state index contributed by atoms with van der Waals surface area (Å²) in [7, 11) is -2.64. The van der Waals surface area contributed by atoms with Gasteiger partial charge in [0.2, 0.25) is 7.37 Å². The largest absolute Gasteiger partial charge is 0.287 e. The molecule has 0 bridgehead atoms. The Morgan fingerprint density at radius 2 is 1.75 bits per heavy atom. The second-order valence-electron chi connectivity index (χ2n) is 4.29. The smallest absolute Gasteiger partial charge is 0.244 e. The summed E-state index contributed by atoms with van der Waals surface area (Å²) in [4.78, 5) is 0. The lowest BCUT2D eigenvalue weighted by Crippen LogP contribution is -2.20. The topological polar surface area (TPSA) is 26.3 Å². The second kappa shape index (κ2) is 5.65. The van der Waals surface area contributed by atoms with Crippen molar-refractivity contribution in [3.8, 4) is 0 Å². The van der Waals surface area contributed by atoms with Gasteiger partial charge in [0.25, 0.3) is 0 Å². The molecule has 0 aliphatic heterocycles. The van der Waals surface area contributed by atoms with Crippen molar-refractivity contribution in [2.24, 2.45) is 0 Å². The molecule has 0 spiro atoms. The van der Waals surface area contributed by atoms with Gasteiger partial charge in [-0.25, -0.2) is 0 Å². The molecule has 1 aliphatic rings. The molecular formula is C12H16IO2P. The molecule has 1 aromatic rings. The van der Waals surface area contributed by atoms with Gasteiger partial charge in [-0.3, -0.25) is 7.42 Å². The number of benzene rings is 1. The molecule has 0 aromatic heterocycles. The Morgan fingerprint density at radius 1 is 1.12 bits per heavy atom. The van der Waals surface area contributed by atoms with Gasteiger partial charge in [-0.05, 0) is 25.0 Å². The third-order valence-corrected chi connectivity index (χ3v) is 7.73. The molecule has 0 heterocycles. The van der Waals surface area contributed by atoms with E-state index < -0.39 is 7.37 Å². The molecule has 1 fully saturated rings. The highest BCUT2D eigenvalue weighted by Gasteiger charge is 2.36. The van der Waals surface area contributed by atoms with E-state index in [0.717, 1.165) is 18.1 Å². The molecule has 1 aliphatic carbocycles. The van der Waals surface area contributed by atoms with Gasteiger partial charge in [-0.1, -0.05) is 37.5 Å². The van der Waals surface area contributed by atoms with E-state index in [9.17, 15) is 4.57 Å². The van der Waals surface area contributed by atoms with E-state index in [1.54, 1.807) is 0 Å². The molecule has 1 aromatic carbocycles. The summed E-state index contributed by atoms with van der Waals surface area (Å²) in [6.07, 6.45) is 5.71. The highest BCUT2D eigenvalue weighted by atomic mass is 127. The first-order valence-electron chi connectivity index (χ1n) is 5.73. The van der Waals surface area contributed by atoms with E-state index in [1.165, 1.54) is 19.3 Å². The fraction of sp³-hybridized carbons (Fsp3) is 0.500. The fourth-order valence-electron chi connectivity index (χ4n) is 2.36. The summed E-state index contributed by atoms with van der Waals surface area (Å²) in [6, 6.07) is 9.66. The molecule has 2 nitrogen and oxygen atoms in total. The van der Waals surface area contributed by atoms with E-state index in [0.29, 0.717) is 0 Å².